The first-order valence-corrected chi connectivity index (χ1v) is 5.57. The van der Waals surface area contributed by atoms with Crippen molar-refractivity contribution in [2.75, 3.05) is 13.1 Å². The fourth-order valence-electron chi connectivity index (χ4n) is 2.28. The molecule has 3 unspecified atom stereocenters. The van der Waals surface area contributed by atoms with E-state index in [9.17, 15) is 4.39 Å². The lowest BCUT2D eigenvalue weighted by atomic mass is 9.97. The van der Waals surface area contributed by atoms with Crippen LogP contribution in [0.1, 0.15) is 40.0 Å². The van der Waals surface area contributed by atoms with Crippen LogP contribution in [0.4, 0.5) is 4.39 Å². The normalized spacial score (nSPS) is 32.3. The predicted molar refractivity (Wildman–Crippen MR) is 54.6 cm³/mol. The van der Waals surface area contributed by atoms with Crippen molar-refractivity contribution in [2.45, 2.75) is 52.2 Å². The van der Waals surface area contributed by atoms with Gasteiger partial charge in [-0.25, -0.2) is 4.39 Å². The van der Waals surface area contributed by atoms with Gasteiger partial charge in [-0.2, -0.15) is 0 Å². The van der Waals surface area contributed by atoms with Gasteiger partial charge in [-0.15, -0.1) is 0 Å². The summed E-state index contributed by atoms with van der Waals surface area (Å²) in [6.45, 7) is 8.34. The molecule has 78 valence electrons. The van der Waals surface area contributed by atoms with Crippen LogP contribution in [0.3, 0.4) is 0 Å². The van der Waals surface area contributed by atoms with Crippen LogP contribution in [-0.4, -0.2) is 30.2 Å². The topological polar surface area (TPSA) is 3.24 Å². The van der Waals surface area contributed by atoms with Crippen molar-refractivity contribution in [1.82, 2.24) is 4.90 Å². The molecule has 0 bridgehead atoms. The SMILES string of the molecule is CCCN1CC(F)CC1C(C)CC. The van der Waals surface area contributed by atoms with Gasteiger partial charge in [-0.3, -0.25) is 4.90 Å². The number of alkyl halides is 1. The smallest absolute Gasteiger partial charge is 0.114 e. The van der Waals surface area contributed by atoms with E-state index in [2.05, 4.69) is 25.7 Å². The summed E-state index contributed by atoms with van der Waals surface area (Å²) in [6.07, 6.45) is 2.48. The molecule has 0 aromatic carbocycles. The standard InChI is InChI=1S/C11H22FN/c1-4-6-13-8-10(12)7-11(13)9(3)5-2/h9-11H,4-8H2,1-3H3. The van der Waals surface area contributed by atoms with E-state index >= 15 is 0 Å². The summed E-state index contributed by atoms with van der Waals surface area (Å²) in [5, 5.41) is 0. The van der Waals surface area contributed by atoms with E-state index in [1.807, 2.05) is 0 Å². The molecule has 13 heavy (non-hydrogen) atoms. The van der Waals surface area contributed by atoms with Gasteiger partial charge >= 0.3 is 0 Å². The molecule has 1 fully saturated rings. The summed E-state index contributed by atoms with van der Waals surface area (Å²) < 4.78 is 13.2. The van der Waals surface area contributed by atoms with E-state index in [-0.39, 0.29) is 0 Å². The zero-order valence-corrected chi connectivity index (χ0v) is 9.09. The van der Waals surface area contributed by atoms with E-state index in [1.54, 1.807) is 0 Å². The van der Waals surface area contributed by atoms with Gasteiger partial charge in [-0.1, -0.05) is 27.2 Å². The van der Waals surface area contributed by atoms with Crippen LogP contribution in [0.25, 0.3) is 0 Å². The number of nitrogens with zero attached hydrogens (tertiary/aromatic N) is 1. The molecule has 0 radical (unpaired) electrons. The number of hydrogen-bond donors (Lipinski definition) is 0. The highest BCUT2D eigenvalue weighted by Crippen LogP contribution is 2.27. The highest BCUT2D eigenvalue weighted by atomic mass is 19.1. The molecule has 2 heteroatoms. The lowest BCUT2D eigenvalue weighted by Crippen LogP contribution is -2.34. The summed E-state index contributed by atoms with van der Waals surface area (Å²) >= 11 is 0. The minimum atomic E-state index is -0.578. The van der Waals surface area contributed by atoms with Gasteiger partial charge in [0.25, 0.3) is 0 Å². The van der Waals surface area contributed by atoms with E-state index in [0.717, 1.165) is 25.8 Å². The zero-order chi connectivity index (χ0) is 9.84. The fraction of sp³-hybridized carbons (Fsp3) is 1.00. The average Bonchev–Trinajstić information content (AvgIpc) is 2.46. The Hall–Kier alpha value is -0.110. The Labute approximate surface area is 81.3 Å². The van der Waals surface area contributed by atoms with E-state index in [4.69, 9.17) is 0 Å². The van der Waals surface area contributed by atoms with E-state index < -0.39 is 6.17 Å². The molecular weight excluding hydrogens is 165 g/mol. The second-order valence-electron chi connectivity index (χ2n) is 4.28. The minimum Gasteiger partial charge on any atom is -0.297 e. The first kappa shape index (κ1) is 11.0. The summed E-state index contributed by atoms with van der Waals surface area (Å²) in [5.74, 6) is 0.646. The fourth-order valence-corrected chi connectivity index (χ4v) is 2.28. The lowest BCUT2D eigenvalue weighted by molar-refractivity contribution is 0.193. The first-order chi connectivity index (χ1) is 6.19. The van der Waals surface area contributed by atoms with Crippen LogP contribution in [0.15, 0.2) is 0 Å². The highest BCUT2D eigenvalue weighted by molar-refractivity contribution is 4.87. The van der Waals surface area contributed by atoms with Crippen molar-refractivity contribution in [3.8, 4) is 0 Å². The number of likely N-dealkylation sites (tertiary alicyclic amines) is 1. The molecule has 0 N–H and O–H groups in total. The van der Waals surface area contributed by atoms with Gasteiger partial charge in [0.2, 0.25) is 0 Å². The van der Waals surface area contributed by atoms with Crippen molar-refractivity contribution < 1.29 is 4.39 Å². The minimum absolute atomic E-state index is 0.500. The molecule has 0 aliphatic carbocycles. The second kappa shape index (κ2) is 4.94. The van der Waals surface area contributed by atoms with Gasteiger partial charge in [0.05, 0.1) is 0 Å². The molecule has 0 aromatic rings. The van der Waals surface area contributed by atoms with Gasteiger partial charge in [0, 0.05) is 12.6 Å². The van der Waals surface area contributed by atoms with Gasteiger partial charge in [-0.05, 0) is 25.3 Å². The Kier molecular flexibility index (Phi) is 4.17. The van der Waals surface area contributed by atoms with E-state index in [0.29, 0.717) is 18.5 Å². The highest BCUT2D eigenvalue weighted by Gasteiger charge is 2.33. The predicted octanol–water partition coefficient (Wildman–Crippen LogP) is 2.85. The quantitative estimate of drug-likeness (QED) is 0.654. The van der Waals surface area contributed by atoms with E-state index in [1.165, 1.54) is 0 Å². The van der Waals surface area contributed by atoms with Crippen molar-refractivity contribution >= 4 is 0 Å². The molecule has 1 aliphatic rings. The molecule has 1 nitrogen and oxygen atoms in total. The van der Waals surface area contributed by atoms with Crippen LogP contribution in [0.5, 0.6) is 0 Å². The monoisotopic (exact) mass is 187 g/mol. The molecule has 1 heterocycles. The number of rotatable bonds is 4. The number of halogens is 1. The Morgan fingerprint density at radius 2 is 2.15 bits per heavy atom. The van der Waals surface area contributed by atoms with Crippen LogP contribution in [0, 0.1) is 5.92 Å². The maximum absolute atomic E-state index is 13.2. The summed E-state index contributed by atoms with van der Waals surface area (Å²) in [4.78, 5) is 2.33. The largest absolute Gasteiger partial charge is 0.297 e. The van der Waals surface area contributed by atoms with Gasteiger partial charge in [0.1, 0.15) is 6.17 Å². The molecule has 3 atom stereocenters. The third-order valence-electron chi connectivity index (χ3n) is 3.21. The summed E-state index contributed by atoms with van der Waals surface area (Å²) in [6, 6.07) is 0.500. The van der Waals surface area contributed by atoms with Crippen molar-refractivity contribution in [2.24, 2.45) is 5.92 Å². The lowest BCUT2D eigenvalue weighted by Gasteiger charge is -2.28. The Morgan fingerprint density at radius 3 is 2.69 bits per heavy atom. The Balaban J connectivity index is 2.49. The Bertz CT molecular complexity index is 149. The molecular formula is C11H22FN. The molecule has 0 saturated carbocycles. The summed E-state index contributed by atoms with van der Waals surface area (Å²) in [7, 11) is 0. The maximum atomic E-state index is 13.2. The van der Waals surface area contributed by atoms with Crippen LogP contribution in [0.2, 0.25) is 0 Å². The van der Waals surface area contributed by atoms with Crippen LogP contribution < -0.4 is 0 Å². The number of hydrogen-bond acceptors (Lipinski definition) is 1. The maximum Gasteiger partial charge on any atom is 0.114 e. The van der Waals surface area contributed by atoms with Crippen molar-refractivity contribution in [3.63, 3.8) is 0 Å². The zero-order valence-electron chi connectivity index (χ0n) is 9.09. The average molecular weight is 187 g/mol. The van der Waals surface area contributed by atoms with Gasteiger partial charge in [0.15, 0.2) is 0 Å². The Morgan fingerprint density at radius 1 is 1.46 bits per heavy atom. The second-order valence-corrected chi connectivity index (χ2v) is 4.28. The third-order valence-corrected chi connectivity index (χ3v) is 3.21. The van der Waals surface area contributed by atoms with Gasteiger partial charge < -0.3 is 0 Å². The van der Waals surface area contributed by atoms with Crippen molar-refractivity contribution in [1.29, 1.82) is 0 Å². The third kappa shape index (κ3) is 2.67. The first-order valence-electron chi connectivity index (χ1n) is 5.57. The van der Waals surface area contributed by atoms with Crippen LogP contribution in [-0.2, 0) is 0 Å². The summed E-state index contributed by atoms with van der Waals surface area (Å²) in [5.41, 5.74) is 0. The van der Waals surface area contributed by atoms with Crippen molar-refractivity contribution in [3.05, 3.63) is 0 Å². The van der Waals surface area contributed by atoms with Crippen LogP contribution >= 0.6 is 0 Å². The molecule has 1 aliphatic heterocycles. The molecule has 0 amide bonds. The molecule has 1 saturated heterocycles. The molecule has 0 spiro atoms. The molecule has 0 aromatic heterocycles. The molecule has 1 rings (SSSR count).